The minimum absolute atomic E-state index is 0.0345. The Bertz CT molecular complexity index is 857. The number of benzene rings is 1. The number of aromatic nitrogens is 1. The van der Waals surface area contributed by atoms with Gasteiger partial charge < -0.3 is 24.4 Å². The van der Waals surface area contributed by atoms with Crippen molar-refractivity contribution in [3.05, 3.63) is 21.8 Å². The van der Waals surface area contributed by atoms with Crippen molar-refractivity contribution in [1.29, 1.82) is 0 Å². The first-order chi connectivity index (χ1) is 11.6. The molecule has 2 aromatic rings. The lowest BCUT2D eigenvalue weighted by molar-refractivity contribution is -0.131. The number of phenolic OH excluding ortho intramolecular Hbond substituents is 1. The van der Waals surface area contributed by atoms with Gasteiger partial charge in [-0.3, -0.25) is 4.79 Å². The summed E-state index contributed by atoms with van der Waals surface area (Å²) in [4.78, 5) is 25.4. The van der Waals surface area contributed by atoms with Crippen molar-refractivity contribution >= 4 is 38.7 Å². The van der Waals surface area contributed by atoms with E-state index in [2.05, 4.69) is 15.9 Å². The molecule has 25 heavy (non-hydrogen) atoms. The molecule has 136 valence electrons. The van der Waals surface area contributed by atoms with Crippen LogP contribution in [0.2, 0.25) is 0 Å². The Morgan fingerprint density at radius 3 is 2.44 bits per heavy atom. The third-order valence-electron chi connectivity index (χ3n) is 4.26. The second-order valence-corrected chi connectivity index (χ2v) is 6.92. The fraction of sp³-hybridized carbons (Fsp3) is 0.412. The van der Waals surface area contributed by atoms with E-state index in [1.54, 1.807) is 22.6 Å². The van der Waals surface area contributed by atoms with Crippen LogP contribution in [0.4, 0.5) is 0 Å². The SMILES string of the molecule is COc1c(Br)cc2c(c1O)c(C(=O)O)c(CN(C(C)=O)C(C)C)n2C. The van der Waals surface area contributed by atoms with E-state index >= 15 is 0 Å². The van der Waals surface area contributed by atoms with Crippen molar-refractivity contribution in [2.45, 2.75) is 33.4 Å². The number of amides is 1. The normalized spacial score (nSPS) is 11.2. The summed E-state index contributed by atoms with van der Waals surface area (Å²) in [7, 11) is 3.10. The van der Waals surface area contributed by atoms with Crippen LogP contribution >= 0.6 is 15.9 Å². The van der Waals surface area contributed by atoms with Gasteiger partial charge in [-0.05, 0) is 35.8 Å². The molecule has 0 saturated carbocycles. The highest BCUT2D eigenvalue weighted by Crippen LogP contribution is 2.44. The molecule has 0 saturated heterocycles. The lowest BCUT2D eigenvalue weighted by Crippen LogP contribution is -2.35. The van der Waals surface area contributed by atoms with Crippen LogP contribution in [0.25, 0.3) is 10.9 Å². The zero-order valence-corrected chi connectivity index (χ0v) is 16.3. The summed E-state index contributed by atoms with van der Waals surface area (Å²) in [6.07, 6.45) is 0. The van der Waals surface area contributed by atoms with Crippen LogP contribution in [-0.2, 0) is 18.4 Å². The summed E-state index contributed by atoms with van der Waals surface area (Å²) in [5.74, 6) is -1.41. The van der Waals surface area contributed by atoms with Crippen molar-refractivity contribution in [2.24, 2.45) is 7.05 Å². The Morgan fingerprint density at radius 2 is 2.00 bits per heavy atom. The molecule has 0 unspecified atom stereocenters. The number of aromatic hydroxyl groups is 1. The molecule has 0 fully saturated rings. The van der Waals surface area contributed by atoms with Gasteiger partial charge in [-0.15, -0.1) is 0 Å². The average molecular weight is 413 g/mol. The van der Waals surface area contributed by atoms with Gasteiger partial charge in [0.25, 0.3) is 0 Å². The van der Waals surface area contributed by atoms with E-state index in [0.717, 1.165) is 0 Å². The zero-order chi connectivity index (χ0) is 19.0. The molecule has 0 radical (unpaired) electrons. The number of hydrogen-bond donors (Lipinski definition) is 2. The van der Waals surface area contributed by atoms with Gasteiger partial charge in [-0.25, -0.2) is 4.79 Å². The number of ether oxygens (including phenoxy) is 1. The molecular weight excluding hydrogens is 392 g/mol. The molecule has 0 atom stereocenters. The van der Waals surface area contributed by atoms with Gasteiger partial charge in [0.1, 0.15) is 0 Å². The lowest BCUT2D eigenvalue weighted by Gasteiger charge is -2.26. The molecule has 2 N–H and O–H groups in total. The van der Waals surface area contributed by atoms with Crippen molar-refractivity contribution < 1.29 is 24.5 Å². The number of fused-ring (bicyclic) bond motifs is 1. The summed E-state index contributed by atoms with van der Waals surface area (Å²) in [5.41, 5.74) is 0.930. The zero-order valence-electron chi connectivity index (χ0n) is 14.8. The fourth-order valence-corrected chi connectivity index (χ4v) is 3.57. The second kappa shape index (κ2) is 6.95. The molecule has 0 aliphatic carbocycles. The molecule has 0 spiro atoms. The third-order valence-corrected chi connectivity index (χ3v) is 4.85. The van der Waals surface area contributed by atoms with Crippen LogP contribution in [0.1, 0.15) is 36.8 Å². The number of phenols is 1. The average Bonchev–Trinajstić information content (AvgIpc) is 2.77. The quantitative estimate of drug-likeness (QED) is 0.786. The minimum atomic E-state index is -1.17. The largest absolute Gasteiger partial charge is 0.504 e. The van der Waals surface area contributed by atoms with Gasteiger partial charge >= 0.3 is 5.97 Å². The predicted octanol–water partition coefficient (Wildman–Crippen LogP) is 3.11. The van der Waals surface area contributed by atoms with E-state index < -0.39 is 5.97 Å². The van der Waals surface area contributed by atoms with Crippen LogP contribution in [0.5, 0.6) is 11.5 Å². The molecule has 1 amide bonds. The Kier molecular flexibility index (Phi) is 5.31. The molecule has 1 heterocycles. The number of rotatable bonds is 5. The van der Waals surface area contributed by atoms with Gasteiger partial charge in [0.15, 0.2) is 11.5 Å². The van der Waals surface area contributed by atoms with Crippen LogP contribution in [0, 0.1) is 0 Å². The van der Waals surface area contributed by atoms with Gasteiger partial charge in [0.05, 0.1) is 40.3 Å². The molecular formula is C17H21BrN2O5. The Balaban J connectivity index is 2.83. The van der Waals surface area contributed by atoms with Crippen LogP contribution < -0.4 is 4.74 Å². The topological polar surface area (TPSA) is 92.0 Å². The fourth-order valence-electron chi connectivity index (χ4n) is 3.00. The van der Waals surface area contributed by atoms with Gasteiger partial charge in [-0.2, -0.15) is 0 Å². The monoisotopic (exact) mass is 412 g/mol. The van der Waals surface area contributed by atoms with Crippen LogP contribution in [-0.4, -0.2) is 44.7 Å². The van der Waals surface area contributed by atoms with Crippen LogP contribution in [0.15, 0.2) is 10.5 Å². The molecule has 0 aliphatic heterocycles. The van der Waals surface area contributed by atoms with E-state index in [1.807, 2.05) is 13.8 Å². The molecule has 1 aromatic carbocycles. The number of aryl methyl sites for hydroxylation is 1. The number of aromatic carboxylic acids is 1. The Hall–Kier alpha value is -2.22. The number of halogens is 1. The van der Waals surface area contributed by atoms with Crippen molar-refractivity contribution in [3.8, 4) is 11.5 Å². The maximum absolute atomic E-state index is 11.9. The van der Waals surface area contributed by atoms with E-state index in [9.17, 15) is 19.8 Å². The van der Waals surface area contributed by atoms with Gasteiger partial charge in [-0.1, -0.05) is 0 Å². The summed E-state index contributed by atoms with van der Waals surface area (Å²) in [6, 6.07) is 1.60. The van der Waals surface area contributed by atoms with Gasteiger partial charge in [0, 0.05) is 20.0 Å². The van der Waals surface area contributed by atoms with E-state index in [1.165, 1.54) is 14.0 Å². The maximum atomic E-state index is 11.9. The first-order valence-electron chi connectivity index (χ1n) is 7.68. The Labute approximate surface area is 153 Å². The molecule has 8 heteroatoms. The minimum Gasteiger partial charge on any atom is -0.504 e. The molecule has 7 nitrogen and oxygen atoms in total. The number of hydrogen-bond acceptors (Lipinski definition) is 4. The number of methoxy groups -OCH3 is 1. The summed E-state index contributed by atoms with van der Waals surface area (Å²) < 4.78 is 7.35. The Morgan fingerprint density at radius 1 is 1.40 bits per heavy atom. The molecule has 1 aromatic heterocycles. The van der Waals surface area contributed by atoms with E-state index in [-0.39, 0.29) is 40.9 Å². The van der Waals surface area contributed by atoms with Crippen molar-refractivity contribution in [1.82, 2.24) is 9.47 Å². The number of carbonyl (C=O) groups is 2. The maximum Gasteiger partial charge on any atom is 0.338 e. The first-order valence-corrected chi connectivity index (χ1v) is 8.48. The lowest BCUT2D eigenvalue weighted by atomic mass is 10.1. The van der Waals surface area contributed by atoms with E-state index in [0.29, 0.717) is 15.7 Å². The molecule has 2 rings (SSSR count). The summed E-state index contributed by atoms with van der Waals surface area (Å²) in [6.45, 7) is 5.29. The number of carbonyl (C=O) groups excluding carboxylic acids is 1. The van der Waals surface area contributed by atoms with Crippen molar-refractivity contribution in [3.63, 3.8) is 0 Å². The highest BCUT2D eigenvalue weighted by atomic mass is 79.9. The number of carboxylic acid groups (broad SMARTS) is 1. The van der Waals surface area contributed by atoms with Crippen LogP contribution in [0.3, 0.4) is 0 Å². The molecule has 0 aliphatic rings. The summed E-state index contributed by atoms with van der Waals surface area (Å²) in [5, 5.41) is 20.5. The number of nitrogens with zero attached hydrogens (tertiary/aromatic N) is 2. The van der Waals surface area contributed by atoms with E-state index in [4.69, 9.17) is 4.74 Å². The van der Waals surface area contributed by atoms with Gasteiger partial charge in [0.2, 0.25) is 5.91 Å². The second-order valence-electron chi connectivity index (χ2n) is 6.06. The van der Waals surface area contributed by atoms with Crippen molar-refractivity contribution in [2.75, 3.05) is 7.11 Å². The highest BCUT2D eigenvalue weighted by Gasteiger charge is 2.28. The number of carboxylic acids is 1. The summed E-state index contributed by atoms with van der Waals surface area (Å²) >= 11 is 3.32. The smallest absolute Gasteiger partial charge is 0.338 e. The predicted molar refractivity (Wildman–Crippen MR) is 97.2 cm³/mol. The third kappa shape index (κ3) is 3.18. The highest BCUT2D eigenvalue weighted by molar-refractivity contribution is 9.10. The molecule has 0 bridgehead atoms. The first kappa shape index (κ1) is 19.1. The standard InChI is InChI=1S/C17H21BrN2O5/c1-8(2)20(9(3)21)7-12-14(17(23)24)13-11(19(12)4)6-10(18)16(25-5)15(13)22/h6,8,22H,7H2,1-5H3,(H,23,24).